The lowest BCUT2D eigenvalue weighted by Gasteiger charge is -2.38. The highest BCUT2D eigenvalue weighted by Gasteiger charge is 2.55. The molecule has 1 aliphatic rings. The van der Waals surface area contributed by atoms with Gasteiger partial charge in [-0.25, -0.2) is 0 Å². The van der Waals surface area contributed by atoms with Gasteiger partial charge in [0, 0.05) is 12.8 Å². The third-order valence-electron chi connectivity index (χ3n) is 3.77. The smallest absolute Gasteiger partial charge is 0.223 e. The van der Waals surface area contributed by atoms with Crippen molar-refractivity contribution in [3.63, 3.8) is 0 Å². The predicted molar refractivity (Wildman–Crippen MR) is 66.4 cm³/mol. The molecule has 2 N–H and O–H groups in total. The summed E-state index contributed by atoms with van der Waals surface area (Å²) in [6.45, 7) is 1.60. The fourth-order valence-electron chi connectivity index (χ4n) is 2.77. The topological polar surface area (TPSA) is 73.1 Å². The second-order valence-electron chi connectivity index (χ2n) is 4.90. The van der Waals surface area contributed by atoms with Gasteiger partial charge in [-0.05, 0) is 18.9 Å². The fourth-order valence-corrected chi connectivity index (χ4v) is 2.77. The Bertz CT molecular complexity index is 490. The molecule has 0 aromatic heterocycles. The third-order valence-corrected chi connectivity index (χ3v) is 3.77. The minimum atomic E-state index is -1.32. The second-order valence-corrected chi connectivity index (χ2v) is 4.90. The SMILES string of the molecule is CC1(O)NC(=O)CC1(CCC#N)c1ccccc1. The van der Waals surface area contributed by atoms with Crippen LogP contribution in [0.3, 0.4) is 0 Å². The molecule has 2 rings (SSSR count). The first-order valence-corrected chi connectivity index (χ1v) is 5.98. The Morgan fingerprint density at radius 3 is 2.61 bits per heavy atom. The van der Waals surface area contributed by atoms with Gasteiger partial charge in [-0.3, -0.25) is 4.79 Å². The van der Waals surface area contributed by atoms with Crippen molar-refractivity contribution >= 4 is 5.91 Å². The van der Waals surface area contributed by atoms with E-state index in [2.05, 4.69) is 11.4 Å². The molecule has 4 nitrogen and oxygen atoms in total. The van der Waals surface area contributed by atoms with Crippen molar-refractivity contribution in [2.45, 2.75) is 37.3 Å². The Balaban J connectivity index is 2.48. The van der Waals surface area contributed by atoms with Gasteiger partial charge in [0.2, 0.25) is 5.91 Å². The Morgan fingerprint density at radius 2 is 2.11 bits per heavy atom. The number of carbonyl (C=O) groups excluding carboxylic acids is 1. The van der Waals surface area contributed by atoms with Crippen molar-refractivity contribution < 1.29 is 9.90 Å². The molecule has 18 heavy (non-hydrogen) atoms. The van der Waals surface area contributed by atoms with Gasteiger partial charge in [0.05, 0.1) is 11.5 Å². The Labute approximate surface area is 106 Å². The van der Waals surface area contributed by atoms with Crippen LogP contribution in [0.2, 0.25) is 0 Å². The molecule has 0 radical (unpaired) electrons. The summed E-state index contributed by atoms with van der Waals surface area (Å²) < 4.78 is 0. The van der Waals surface area contributed by atoms with Crippen LogP contribution in [0, 0.1) is 11.3 Å². The van der Waals surface area contributed by atoms with E-state index in [0.29, 0.717) is 12.8 Å². The van der Waals surface area contributed by atoms with Crippen LogP contribution in [0.5, 0.6) is 0 Å². The van der Waals surface area contributed by atoms with E-state index in [1.54, 1.807) is 6.92 Å². The van der Waals surface area contributed by atoms with E-state index in [-0.39, 0.29) is 12.3 Å². The number of carbonyl (C=O) groups is 1. The maximum Gasteiger partial charge on any atom is 0.223 e. The zero-order valence-electron chi connectivity index (χ0n) is 10.3. The van der Waals surface area contributed by atoms with Crippen molar-refractivity contribution in [2.75, 3.05) is 0 Å². The normalized spacial score (nSPS) is 30.8. The zero-order valence-corrected chi connectivity index (χ0v) is 10.3. The molecule has 0 aliphatic carbocycles. The monoisotopic (exact) mass is 244 g/mol. The third kappa shape index (κ3) is 1.87. The largest absolute Gasteiger partial charge is 0.370 e. The van der Waals surface area contributed by atoms with Gasteiger partial charge in [-0.1, -0.05) is 30.3 Å². The molecule has 1 amide bonds. The molecular weight excluding hydrogens is 228 g/mol. The van der Waals surface area contributed by atoms with Gasteiger partial charge >= 0.3 is 0 Å². The summed E-state index contributed by atoms with van der Waals surface area (Å²) in [6, 6.07) is 11.5. The number of nitrogens with zero attached hydrogens (tertiary/aromatic N) is 1. The van der Waals surface area contributed by atoms with Crippen LogP contribution in [0.15, 0.2) is 30.3 Å². The highest BCUT2D eigenvalue weighted by molar-refractivity contribution is 5.82. The summed E-state index contributed by atoms with van der Waals surface area (Å²) in [5.74, 6) is -0.179. The molecule has 2 unspecified atom stereocenters. The second kappa shape index (κ2) is 4.43. The van der Waals surface area contributed by atoms with Crippen molar-refractivity contribution in [1.82, 2.24) is 5.32 Å². The summed E-state index contributed by atoms with van der Waals surface area (Å²) in [6.07, 6.45) is 0.977. The molecule has 1 aromatic carbocycles. The Morgan fingerprint density at radius 1 is 1.44 bits per heavy atom. The first-order chi connectivity index (χ1) is 8.52. The number of benzene rings is 1. The van der Waals surface area contributed by atoms with Crippen molar-refractivity contribution in [2.24, 2.45) is 0 Å². The molecule has 1 fully saturated rings. The molecule has 1 aromatic rings. The summed E-state index contributed by atoms with van der Waals surface area (Å²) >= 11 is 0. The molecule has 0 saturated carbocycles. The lowest BCUT2D eigenvalue weighted by molar-refractivity contribution is -0.121. The van der Waals surface area contributed by atoms with Crippen LogP contribution in [0.4, 0.5) is 0 Å². The lowest BCUT2D eigenvalue weighted by Crippen LogP contribution is -2.52. The maximum atomic E-state index is 11.7. The first-order valence-electron chi connectivity index (χ1n) is 5.98. The molecule has 2 atom stereocenters. The average molecular weight is 244 g/mol. The lowest BCUT2D eigenvalue weighted by atomic mass is 9.69. The van der Waals surface area contributed by atoms with E-state index in [4.69, 9.17) is 5.26 Å². The van der Waals surface area contributed by atoms with Crippen LogP contribution in [-0.4, -0.2) is 16.7 Å². The summed E-state index contributed by atoms with van der Waals surface area (Å²) in [5, 5.41) is 21.9. The molecular formula is C14H16N2O2. The molecule has 1 aliphatic heterocycles. The van der Waals surface area contributed by atoms with E-state index in [1.807, 2.05) is 30.3 Å². The molecule has 1 heterocycles. The van der Waals surface area contributed by atoms with Gasteiger partial charge in [0.25, 0.3) is 0 Å². The number of hydrogen-bond acceptors (Lipinski definition) is 3. The zero-order chi connectivity index (χ0) is 13.2. The van der Waals surface area contributed by atoms with Crippen LogP contribution >= 0.6 is 0 Å². The first kappa shape index (κ1) is 12.6. The number of aliphatic hydroxyl groups is 1. The van der Waals surface area contributed by atoms with Gasteiger partial charge in [0.15, 0.2) is 0 Å². The molecule has 0 spiro atoms. The number of hydrogen-bond donors (Lipinski definition) is 2. The van der Waals surface area contributed by atoms with Crippen molar-refractivity contribution in [3.8, 4) is 6.07 Å². The fraction of sp³-hybridized carbons (Fsp3) is 0.429. The van der Waals surface area contributed by atoms with E-state index >= 15 is 0 Å². The Hall–Kier alpha value is -1.86. The van der Waals surface area contributed by atoms with Gasteiger partial charge in [-0.2, -0.15) is 5.26 Å². The molecule has 1 saturated heterocycles. The standard InChI is InChI=1S/C14H16N2O2/c1-13(18)14(8-5-9-15,10-12(17)16-13)11-6-3-2-4-7-11/h2-4,6-7,18H,5,8,10H2,1H3,(H,16,17). The van der Waals surface area contributed by atoms with Crippen LogP contribution in [-0.2, 0) is 10.2 Å². The molecule has 4 heteroatoms. The van der Waals surface area contributed by atoms with Crippen molar-refractivity contribution in [1.29, 1.82) is 5.26 Å². The number of amides is 1. The minimum absolute atomic E-state index is 0.179. The van der Waals surface area contributed by atoms with E-state index in [0.717, 1.165) is 5.56 Å². The maximum absolute atomic E-state index is 11.7. The van der Waals surface area contributed by atoms with E-state index < -0.39 is 11.1 Å². The number of nitriles is 1. The van der Waals surface area contributed by atoms with Gasteiger partial charge in [-0.15, -0.1) is 0 Å². The average Bonchev–Trinajstić information content (AvgIpc) is 2.58. The van der Waals surface area contributed by atoms with E-state index in [1.165, 1.54) is 0 Å². The van der Waals surface area contributed by atoms with Gasteiger partial charge < -0.3 is 10.4 Å². The van der Waals surface area contributed by atoms with Crippen molar-refractivity contribution in [3.05, 3.63) is 35.9 Å². The van der Waals surface area contributed by atoms with Crippen LogP contribution < -0.4 is 5.32 Å². The Kier molecular flexibility index (Phi) is 3.10. The minimum Gasteiger partial charge on any atom is -0.370 e. The summed E-state index contributed by atoms with van der Waals surface area (Å²) in [5.41, 5.74) is -1.15. The number of rotatable bonds is 3. The van der Waals surface area contributed by atoms with Crippen LogP contribution in [0.25, 0.3) is 0 Å². The molecule has 0 bridgehead atoms. The molecule has 94 valence electrons. The van der Waals surface area contributed by atoms with Gasteiger partial charge in [0.1, 0.15) is 5.72 Å². The predicted octanol–water partition coefficient (Wildman–Crippen LogP) is 1.46. The number of nitrogens with one attached hydrogen (secondary N) is 1. The highest BCUT2D eigenvalue weighted by Crippen LogP contribution is 2.45. The highest BCUT2D eigenvalue weighted by atomic mass is 16.3. The summed E-state index contributed by atoms with van der Waals surface area (Å²) in [4.78, 5) is 11.7. The summed E-state index contributed by atoms with van der Waals surface area (Å²) in [7, 11) is 0. The van der Waals surface area contributed by atoms with Crippen LogP contribution in [0.1, 0.15) is 31.7 Å². The van der Waals surface area contributed by atoms with E-state index in [9.17, 15) is 9.90 Å². The quantitative estimate of drug-likeness (QED) is 0.845.